The molecule has 0 fully saturated rings. The van der Waals surface area contributed by atoms with Gasteiger partial charge in [0.05, 0.1) is 0 Å². The number of nitrogens with zero attached hydrogens (tertiary/aromatic N) is 2. The molecular weight excluding hydrogens is 280 g/mol. The van der Waals surface area contributed by atoms with Gasteiger partial charge in [-0.15, -0.1) is 0 Å². The number of carboxylic acid groups (broad SMARTS) is 1. The lowest BCUT2D eigenvalue weighted by molar-refractivity contribution is 0.0695. The average molecular weight is 284 g/mol. The van der Waals surface area contributed by atoms with Gasteiger partial charge in [-0.1, -0.05) is 0 Å². The van der Waals surface area contributed by atoms with Gasteiger partial charge in [0.2, 0.25) is 0 Å². The number of aromatic nitrogens is 2. The fourth-order valence-electron chi connectivity index (χ4n) is 0.649. The Hall–Kier alpha value is -0.360. The molecule has 0 atom stereocenters. The highest BCUT2D eigenvalue weighted by Gasteiger charge is 2.17. The van der Waals surface area contributed by atoms with Gasteiger partial charge >= 0.3 is 5.97 Å². The lowest BCUT2D eigenvalue weighted by Gasteiger charge is -1.90. The summed E-state index contributed by atoms with van der Waals surface area (Å²) in [5, 5.41) is 12.5. The normalized spacial score (nSPS) is 10.1. The molecule has 6 heteroatoms. The second-order valence-electron chi connectivity index (χ2n) is 1.89. The molecule has 1 N–H and O–H groups in total. The monoisotopic (exact) mass is 282 g/mol. The zero-order valence-corrected chi connectivity index (χ0v) is 8.68. The summed E-state index contributed by atoms with van der Waals surface area (Å²) in [6, 6.07) is 0. The third-order valence-electron chi connectivity index (χ3n) is 1.15. The number of aromatic carboxylic acids is 1. The summed E-state index contributed by atoms with van der Waals surface area (Å²) in [6.07, 6.45) is 0. The molecule has 0 bridgehead atoms. The van der Waals surface area contributed by atoms with E-state index in [9.17, 15) is 4.79 Å². The summed E-state index contributed by atoms with van der Waals surface area (Å²) in [7, 11) is 1.65. The minimum atomic E-state index is -1.00. The topological polar surface area (TPSA) is 55.1 Å². The fraction of sp³-hybridized carbons (Fsp3) is 0.200. The van der Waals surface area contributed by atoms with Crippen LogP contribution in [-0.2, 0) is 7.05 Å². The van der Waals surface area contributed by atoms with E-state index in [1.807, 2.05) is 0 Å². The van der Waals surface area contributed by atoms with Crippen LogP contribution in [0.2, 0.25) is 0 Å². The Kier molecular flexibility index (Phi) is 2.34. The van der Waals surface area contributed by atoms with Gasteiger partial charge in [0.15, 0.2) is 0 Å². The van der Waals surface area contributed by atoms with Crippen LogP contribution in [0.15, 0.2) is 9.21 Å². The maximum Gasteiger partial charge on any atom is 0.341 e. The third kappa shape index (κ3) is 1.46. The van der Waals surface area contributed by atoms with Crippen molar-refractivity contribution in [2.45, 2.75) is 0 Å². The second-order valence-corrected chi connectivity index (χ2v) is 3.39. The van der Waals surface area contributed by atoms with Crippen molar-refractivity contribution in [2.75, 3.05) is 0 Å². The van der Waals surface area contributed by atoms with Crippen molar-refractivity contribution in [3.05, 3.63) is 14.8 Å². The summed E-state index contributed by atoms with van der Waals surface area (Å²) in [5.41, 5.74) is 0.146. The molecule has 0 aliphatic carbocycles. The van der Waals surface area contributed by atoms with E-state index in [0.29, 0.717) is 9.21 Å². The number of hydrogen-bond donors (Lipinski definition) is 1. The lowest BCUT2D eigenvalue weighted by Crippen LogP contribution is -1.97. The maximum absolute atomic E-state index is 10.5. The van der Waals surface area contributed by atoms with Crippen molar-refractivity contribution in [1.29, 1.82) is 0 Å². The van der Waals surface area contributed by atoms with Crippen molar-refractivity contribution >= 4 is 37.8 Å². The Labute approximate surface area is 79.5 Å². The molecule has 1 heterocycles. The van der Waals surface area contributed by atoms with Gasteiger partial charge in [-0.25, -0.2) is 4.79 Å². The van der Waals surface area contributed by atoms with Gasteiger partial charge in [-0.05, 0) is 31.9 Å². The third-order valence-corrected chi connectivity index (χ3v) is 2.61. The molecule has 60 valence electrons. The summed E-state index contributed by atoms with van der Waals surface area (Å²) in [6.45, 7) is 0. The highest BCUT2D eigenvalue weighted by Crippen LogP contribution is 2.23. The first kappa shape index (κ1) is 8.73. The smallest absolute Gasteiger partial charge is 0.341 e. The minimum absolute atomic E-state index is 0.146. The fourth-order valence-corrected chi connectivity index (χ4v) is 1.95. The van der Waals surface area contributed by atoms with E-state index in [-0.39, 0.29) is 5.56 Å². The molecule has 0 aromatic carbocycles. The number of carbonyl (C=O) groups is 1. The molecule has 0 saturated heterocycles. The molecule has 1 aromatic heterocycles. The Morgan fingerprint density at radius 3 is 2.36 bits per heavy atom. The van der Waals surface area contributed by atoms with Gasteiger partial charge in [0.1, 0.15) is 14.8 Å². The van der Waals surface area contributed by atoms with Crippen molar-refractivity contribution in [1.82, 2.24) is 9.78 Å². The second kappa shape index (κ2) is 2.94. The van der Waals surface area contributed by atoms with Crippen LogP contribution < -0.4 is 0 Å². The first-order valence-electron chi connectivity index (χ1n) is 2.65. The van der Waals surface area contributed by atoms with Crippen LogP contribution in [-0.4, -0.2) is 20.9 Å². The van der Waals surface area contributed by atoms with E-state index in [0.717, 1.165) is 0 Å². The number of aryl methyl sites for hydroxylation is 1. The number of halogens is 2. The predicted molar refractivity (Wildman–Crippen MR) is 45.6 cm³/mol. The van der Waals surface area contributed by atoms with E-state index in [2.05, 4.69) is 37.0 Å². The van der Waals surface area contributed by atoms with Crippen molar-refractivity contribution < 1.29 is 9.90 Å². The van der Waals surface area contributed by atoms with Crippen LogP contribution in [0, 0.1) is 0 Å². The molecule has 0 aliphatic heterocycles. The molecule has 0 amide bonds. The van der Waals surface area contributed by atoms with Gasteiger partial charge in [0.25, 0.3) is 0 Å². The minimum Gasteiger partial charge on any atom is -0.477 e. The zero-order valence-electron chi connectivity index (χ0n) is 5.51. The Morgan fingerprint density at radius 2 is 2.18 bits per heavy atom. The number of hydrogen-bond acceptors (Lipinski definition) is 2. The molecule has 1 aromatic rings. The quantitative estimate of drug-likeness (QED) is 0.853. The van der Waals surface area contributed by atoms with Gasteiger partial charge in [-0.3, -0.25) is 4.68 Å². The summed E-state index contributed by atoms with van der Waals surface area (Å²) >= 11 is 6.12. The van der Waals surface area contributed by atoms with Crippen molar-refractivity contribution in [3.63, 3.8) is 0 Å². The molecule has 0 aliphatic rings. The number of carboxylic acids is 1. The van der Waals surface area contributed by atoms with Gasteiger partial charge in [-0.2, -0.15) is 5.10 Å². The standard InChI is InChI=1S/C5H4Br2N2O2/c1-9-4(7)2(5(10)11)3(6)8-9/h1H3,(H,10,11). The summed E-state index contributed by atoms with van der Waals surface area (Å²) in [4.78, 5) is 10.5. The molecule has 1 rings (SSSR count). The van der Waals surface area contributed by atoms with E-state index in [1.165, 1.54) is 4.68 Å². The Morgan fingerprint density at radius 1 is 1.64 bits per heavy atom. The molecule has 0 saturated carbocycles. The molecule has 0 unspecified atom stereocenters. The van der Waals surface area contributed by atoms with Gasteiger partial charge in [0, 0.05) is 7.05 Å². The predicted octanol–water partition coefficient (Wildman–Crippen LogP) is 1.64. The van der Waals surface area contributed by atoms with Crippen molar-refractivity contribution in [2.24, 2.45) is 7.05 Å². The average Bonchev–Trinajstić information content (AvgIpc) is 2.07. The van der Waals surface area contributed by atoms with Gasteiger partial charge < -0.3 is 5.11 Å². The van der Waals surface area contributed by atoms with Crippen LogP contribution in [0.5, 0.6) is 0 Å². The Bertz CT molecular complexity index is 308. The maximum atomic E-state index is 10.5. The van der Waals surface area contributed by atoms with Crippen LogP contribution in [0.1, 0.15) is 10.4 Å². The van der Waals surface area contributed by atoms with E-state index >= 15 is 0 Å². The SMILES string of the molecule is Cn1nc(Br)c(C(=O)O)c1Br. The summed E-state index contributed by atoms with van der Waals surface area (Å²) < 4.78 is 2.23. The molecular formula is C5H4Br2N2O2. The van der Waals surface area contributed by atoms with Crippen LogP contribution in [0.25, 0.3) is 0 Å². The van der Waals surface area contributed by atoms with E-state index < -0.39 is 5.97 Å². The highest BCUT2D eigenvalue weighted by atomic mass is 79.9. The Balaban J connectivity index is 3.34. The summed E-state index contributed by atoms with van der Waals surface area (Å²) in [5.74, 6) is -1.00. The molecule has 0 radical (unpaired) electrons. The van der Waals surface area contributed by atoms with Crippen LogP contribution >= 0.6 is 31.9 Å². The lowest BCUT2D eigenvalue weighted by atomic mass is 10.4. The molecule has 0 spiro atoms. The van der Waals surface area contributed by atoms with E-state index in [1.54, 1.807) is 7.05 Å². The highest BCUT2D eigenvalue weighted by molar-refractivity contribution is 9.11. The van der Waals surface area contributed by atoms with Crippen molar-refractivity contribution in [3.8, 4) is 0 Å². The largest absolute Gasteiger partial charge is 0.477 e. The first-order valence-corrected chi connectivity index (χ1v) is 4.24. The van der Waals surface area contributed by atoms with E-state index in [4.69, 9.17) is 5.11 Å². The number of rotatable bonds is 1. The van der Waals surface area contributed by atoms with Crippen LogP contribution in [0.3, 0.4) is 0 Å². The first-order chi connectivity index (χ1) is 5.04. The zero-order chi connectivity index (χ0) is 8.59. The molecule has 11 heavy (non-hydrogen) atoms. The van der Waals surface area contributed by atoms with Crippen LogP contribution in [0.4, 0.5) is 0 Å². The molecule has 4 nitrogen and oxygen atoms in total.